The first-order chi connectivity index (χ1) is 9.81. The molecule has 20 heavy (non-hydrogen) atoms. The zero-order chi connectivity index (χ0) is 13.8. The number of nitrogens with zero attached hydrogens (tertiary/aromatic N) is 1. The van der Waals surface area contributed by atoms with E-state index in [0.717, 1.165) is 42.1 Å². The Hall–Kier alpha value is -2.00. The summed E-state index contributed by atoms with van der Waals surface area (Å²) in [4.78, 5) is 4.45. The van der Waals surface area contributed by atoms with Crippen molar-refractivity contribution in [3.8, 4) is 0 Å². The third-order valence-corrected chi connectivity index (χ3v) is 3.30. The van der Waals surface area contributed by atoms with Gasteiger partial charge in [0.1, 0.15) is 5.52 Å². The zero-order valence-electron chi connectivity index (χ0n) is 11.0. The first-order valence-corrected chi connectivity index (χ1v) is 7.03. The van der Waals surface area contributed by atoms with E-state index in [9.17, 15) is 0 Å². The normalized spacial score (nSPS) is 10.8. The Morgan fingerprint density at radius 1 is 1.10 bits per heavy atom. The molecule has 2 aromatic carbocycles. The van der Waals surface area contributed by atoms with Gasteiger partial charge in [-0.05, 0) is 30.7 Å². The summed E-state index contributed by atoms with van der Waals surface area (Å²) in [7, 11) is 0. The summed E-state index contributed by atoms with van der Waals surface area (Å²) in [6.45, 7) is 0.892. The minimum atomic E-state index is 0.672. The van der Waals surface area contributed by atoms with Crippen LogP contribution in [-0.4, -0.2) is 11.5 Å². The van der Waals surface area contributed by atoms with Crippen LogP contribution in [0.5, 0.6) is 0 Å². The first-order valence-electron chi connectivity index (χ1n) is 6.65. The SMILES string of the molecule is Clc1ccc2nc(CCCNc3ccccc3)oc2c1. The maximum Gasteiger partial charge on any atom is 0.195 e. The van der Waals surface area contributed by atoms with Gasteiger partial charge in [0.05, 0.1) is 0 Å². The van der Waals surface area contributed by atoms with Gasteiger partial charge in [-0.25, -0.2) is 4.98 Å². The van der Waals surface area contributed by atoms with Crippen LogP contribution in [0.1, 0.15) is 12.3 Å². The Balaban J connectivity index is 1.55. The number of benzene rings is 2. The van der Waals surface area contributed by atoms with Gasteiger partial charge in [-0.2, -0.15) is 0 Å². The van der Waals surface area contributed by atoms with Crippen LogP contribution in [-0.2, 0) is 6.42 Å². The predicted octanol–water partition coefficient (Wildman–Crippen LogP) is 4.53. The quantitative estimate of drug-likeness (QED) is 0.701. The minimum Gasteiger partial charge on any atom is -0.441 e. The molecule has 0 bridgehead atoms. The topological polar surface area (TPSA) is 38.1 Å². The molecular weight excluding hydrogens is 272 g/mol. The molecule has 0 amide bonds. The minimum absolute atomic E-state index is 0.672. The summed E-state index contributed by atoms with van der Waals surface area (Å²) >= 11 is 5.92. The molecule has 0 unspecified atom stereocenters. The van der Waals surface area contributed by atoms with E-state index in [2.05, 4.69) is 22.4 Å². The summed E-state index contributed by atoms with van der Waals surface area (Å²) in [5, 5.41) is 4.04. The number of fused-ring (bicyclic) bond motifs is 1. The Morgan fingerprint density at radius 2 is 1.95 bits per heavy atom. The second-order valence-electron chi connectivity index (χ2n) is 4.62. The molecule has 0 aliphatic rings. The second-order valence-corrected chi connectivity index (χ2v) is 5.05. The zero-order valence-corrected chi connectivity index (χ0v) is 11.7. The average molecular weight is 287 g/mol. The molecule has 1 aromatic heterocycles. The number of hydrogen-bond acceptors (Lipinski definition) is 3. The van der Waals surface area contributed by atoms with Gasteiger partial charge in [0, 0.05) is 29.7 Å². The fourth-order valence-corrected chi connectivity index (χ4v) is 2.24. The van der Waals surface area contributed by atoms with Crippen LogP contribution in [0, 0.1) is 0 Å². The monoisotopic (exact) mass is 286 g/mol. The highest BCUT2D eigenvalue weighted by molar-refractivity contribution is 6.31. The number of aryl methyl sites for hydroxylation is 1. The number of nitrogens with one attached hydrogen (secondary N) is 1. The molecule has 102 valence electrons. The van der Waals surface area contributed by atoms with Crippen LogP contribution in [0.2, 0.25) is 5.02 Å². The van der Waals surface area contributed by atoms with Crippen molar-refractivity contribution in [2.24, 2.45) is 0 Å². The largest absolute Gasteiger partial charge is 0.441 e. The van der Waals surface area contributed by atoms with Crippen molar-refractivity contribution in [3.63, 3.8) is 0 Å². The molecule has 3 rings (SSSR count). The van der Waals surface area contributed by atoms with Crippen LogP contribution in [0.4, 0.5) is 5.69 Å². The van der Waals surface area contributed by atoms with E-state index in [1.54, 1.807) is 6.07 Å². The van der Waals surface area contributed by atoms with Gasteiger partial charge >= 0.3 is 0 Å². The number of hydrogen-bond donors (Lipinski definition) is 1. The van der Waals surface area contributed by atoms with Crippen molar-refractivity contribution in [3.05, 3.63) is 59.4 Å². The summed E-state index contributed by atoms with van der Waals surface area (Å²) in [6.07, 6.45) is 1.78. The molecule has 3 nitrogen and oxygen atoms in total. The molecule has 4 heteroatoms. The van der Waals surface area contributed by atoms with E-state index < -0.39 is 0 Å². The molecule has 0 atom stereocenters. The number of aromatic nitrogens is 1. The van der Waals surface area contributed by atoms with E-state index in [1.165, 1.54) is 0 Å². The maximum absolute atomic E-state index is 5.92. The van der Waals surface area contributed by atoms with Crippen molar-refractivity contribution < 1.29 is 4.42 Å². The maximum atomic E-state index is 5.92. The van der Waals surface area contributed by atoms with Gasteiger partial charge in [0.25, 0.3) is 0 Å². The first kappa shape index (κ1) is 13.0. The van der Waals surface area contributed by atoms with E-state index in [0.29, 0.717) is 5.02 Å². The lowest BCUT2D eigenvalue weighted by Crippen LogP contribution is -2.02. The number of anilines is 1. The lowest BCUT2D eigenvalue weighted by Gasteiger charge is -2.04. The van der Waals surface area contributed by atoms with Gasteiger partial charge in [0.2, 0.25) is 0 Å². The highest BCUT2D eigenvalue weighted by atomic mass is 35.5. The van der Waals surface area contributed by atoms with Crippen molar-refractivity contribution in [2.45, 2.75) is 12.8 Å². The highest BCUT2D eigenvalue weighted by Crippen LogP contribution is 2.20. The predicted molar refractivity (Wildman–Crippen MR) is 82.3 cm³/mol. The van der Waals surface area contributed by atoms with Gasteiger partial charge in [-0.1, -0.05) is 29.8 Å². The summed E-state index contributed by atoms with van der Waals surface area (Å²) in [5.41, 5.74) is 2.75. The summed E-state index contributed by atoms with van der Waals surface area (Å²) in [6, 6.07) is 15.7. The molecule has 0 radical (unpaired) electrons. The van der Waals surface area contributed by atoms with Gasteiger partial charge in [-0.15, -0.1) is 0 Å². The Kier molecular flexibility index (Phi) is 3.88. The van der Waals surface area contributed by atoms with E-state index >= 15 is 0 Å². The summed E-state index contributed by atoms with van der Waals surface area (Å²) < 4.78 is 5.68. The van der Waals surface area contributed by atoms with Crippen molar-refractivity contribution in [2.75, 3.05) is 11.9 Å². The van der Waals surface area contributed by atoms with Gasteiger partial charge < -0.3 is 9.73 Å². The third kappa shape index (κ3) is 3.11. The number of halogens is 1. The lowest BCUT2D eigenvalue weighted by molar-refractivity contribution is 0.523. The fourth-order valence-electron chi connectivity index (χ4n) is 2.08. The Bertz CT molecular complexity index is 694. The van der Waals surface area contributed by atoms with Crippen LogP contribution >= 0.6 is 11.6 Å². The molecule has 3 aromatic rings. The second kappa shape index (κ2) is 5.97. The van der Waals surface area contributed by atoms with E-state index in [-0.39, 0.29) is 0 Å². The number of para-hydroxylation sites is 1. The molecule has 1 N–H and O–H groups in total. The van der Waals surface area contributed by atoms with Crippen molar-refractivity contribution >= 4 is 28.4 Å². The number of oxazole rings is 1. The van der Waals surface area contributed by atoms with Crippen molar-refractivity contribution in [1.82, 2.24) is 4.98 Å². The fraction of sp³-hybridized carbons (Fsp3) is 0.188. The molecule has 0 saturated heterocycles. The van der Waals surface area contributed by atoms with Crippen LogP contribution < -0.4 is 5.32 Å². The molecule has 0 saturated carbocycles. The molecule has 1 heterocycles. The van der Waals surface area contributed by atoms with E-state index in [1.807, 2.05) is 30.3 Å². The average Bonchev–Trinajstić information content (AvgIpc) is 2.86. The Morgan fingerprint density at radius 3 is 2.80 bits per heavy atom. The van der Waals surface area contributed by atoms with Gasteiger partial charge in [0.15, 0.2) is 11.5 Å². The lowest BCUT2D eigenvalue weighted by atomic mass is 10.3. The highest BCUT2D eigenvalue weighted by Gasteiger charge is 2.05. The molecule has 0 fully saturated rings. The Labute approximate surface area is 122 Å². The number of rotatable bonds is 5. The van der Waals surface area contributed by atoms with Crippen molar-refractivity contribution in [1.29, 1.82) is 0 Å². The van der Waals surface area contributed by atoms with Crippen LogP contribution in [0.25, 0.3) is 11.1 Å². The summed E-state index contributed by atoms with van der Waals surface area (Å²) in [5.74, 6) is 0.761. The molecule has 0 aliphatic heterocycles. The molecular formula is C16H15ClN2O. The standard InChI is InChI=1S/C16H15ClN2O/c17-12-8-9-14-15(11-12)20-16(19-14)7-4-10-18-13-5-2-1-3-6-13/h1-3,5-6,8-9,11,18H,4,7,10H2. The van der Waals surface area contributed by atoms with Crippen LogP contribution in [0.15, 0.2) is 52.9 Å². The molecule has 0 spiro atoms. The molecule has 0 aliphatic carbocycles. The smallest absolute Gasteiger partial charge is 0.195 e. The van der Waals surface area contributed by atoms with E-state index in [4.69, 9.17) is 16.0 Å². The third-order valence-electron chi connectivity index (χ3n) is 3.07. The van der Waals surface area contributed by atoms with Crippen LogP contribution in [0.3, 0.4) is 0 Å². The van der Waals surface area contributed by atoms with Gasteiger partial charge in [-0.3, -0.25) is 0 Å².